The number of halogens is 1. The Morgan fingerprint density at radius 2 is 2.00 bits per heavy atom. The minimum atomic E-state index is 0.0218. The summed E-state index contributed by atoms with van der Waals surface area (Å²) in [4.78, 5) is 12.4. The van der Waals surface area contributed by atoms with Crippen LogP contribution in [0.4, 0.5) is 0 Å². The van der Waals surface area contributed by atoms with Crippen LogP contribution >= 0.6 is 33.9 Å². The predicted molar refractivity (Wildman–Crippen MR) is 73.3 cm³/mol. The number of ether oxygens (including phenoxy) is 1. The number of carbonyl (C=O) groups is 1. The van der Waals surface area contributed by atoms with Gasteiger partial charge in [0.1, 0.15) is 5.75 Å². The molecular formula is C12H9IO2S. The molecule has 0 aliphatic carbocycles. The van der Waals surface area contributed by atoms with Gasteiger partial charge in [0, 0.05) is 3.57 Å². The summed E-state index contributed by atoms with van der Waals surface area (Å²) in [7, 11) is 0. The smallest absolute Gasteiger partial charge is 0.210 e. The van der Waals surface area contributed by atoms with Crippen LogP contribution in [0.5, 0.6) is 5.75 Å². The molecule has 0 bridgehead atoms. The van der Waals surface area contributed by atoms with Crippen LogP contribution in [0, 0.1) is 3.57 Å². The molecule has 0 saturated carbocycles. The highest BCUT2D eigenvalue weighted by atomic mass is 127. The number of hydrogen-bond donors (Lipinski definition) is 0. The molecule has 0 radical (unpaired) electrons. The molecule has 0 amide bonds. The number of rotatable bonds is 4. The Hall–Kier alpha value is -0.880. The summed E-state index contributed by atoms with van der Waals surface area (Å²) in [6.07, 6.45) is 0. The van der Waals surface area contributed by atoms with Crippen LogP contribution in [0.15, 0.2) is 41.8 Å². The lowest BCUT2D eigenvalue weighted by Crippen LogP contribution is -2.09. The van der Waals surface area contributed by atoms with E-state index in [9.17, 15) is 4.79 Å². The Bertz CT molecular complexity index is 462. The van der Waals surface area contributed by atoms with Crippen molar-refractivity contribution < 1.29 is 9.53 Å². The summed E-state index contributed by atoms with van der Waals surface area (Å²) < 4.78 is 6.55. The summed E-state index contributed by atoms with van der Waals surface area (Å²) in [5.74, 6) is 0.749. The van der Waals surface area contributed by atoms with E-state index in [1.54, 1.807) is 0 Å². The van der Waals surface area contributed by atoms with Gasteiger partial charge in [-0.15, -0.1) is 11.3 Å². The number of benzene rings is 1. The van der Waals surface area contributed by atoms with Gasteiger partial charge in [0.2, 0.25) is 5.78 Å². The van der Waals surface area contributed by atoms with Gasteiger partial charge in [-0.25, -0.2) is 0 Å². The van der Waals surface area contributed by atoms with Gasteiger partial charge in [-0.2, -0.15) is 0 Å². The molecule has 0 aliphatic rings. The molecule has 4 heteroatoms. The minimum Gasteiger partial charge on any atom is -0.485 e. The molecular weight excluding hydrogens is 335 g/mol. The molecule has 0 N–H and O–H groups in total. The van der Waals surface area contributed by atoms with Crippen molar-refractivity contribution in [3.05, 3.63) is 50.2 Å². The van der Waals surface area contributed by atoms with E-state index in [1.807, 2.05) is 41.8 Å². The van der Waals surface area contributed by atoms with Gasteiger partial charge < -0.3 is 4.74 Å². The molecule has 0 atom stereocenters. The van der Waals surface area contributed by atoms with Gasteiger partial charge in [0.15, 0.2) is 6.61 Å². The Balaban J connectivity index is 1.93. The predicted octanol–water partition coefficient (Wildman–Crippen LogP) is 3.61. The van der Waals surface area contributed by atoms with Crippen molar-refractivity contribution in [3.8, 4) is 5.75 Å². The molecule has 0 saturated heterocycles. The number of hydrogen-bond acceptors (Lipinski definition) is 3. The van der Waals surface area contributed by atoms with Crippen LogP contribution in [0.25, 0.3) is 0 Å². The maximum atomic E-state index is 11.6. The van der Waals surface area contributed by atoms with Crippen molar-refractivity contribution in [1.29, 1.82) is 0 Å². The van der Waals surface area contributed by atoms with Crippen LogP contribution in [0.1, 0.15) is 9.67 Å². The molecule has 82 valence electrons. The van der Waals surface area contributed by atoms with E-state index in [-0.39, 0.29) is 12.4 Å². The van der Waals surface area contributed by atoms with Crippen LogP contribution in [0.2, 0.25) is 0 Å². The van der Waals surface area contributed by atoms with E-state index in [0.29, 0.717) is 0 Å². The topological polar surface area (TPSA) is 26.3 Å². The van der Waals surface area contributed by atoms with Crippen LogP contribution in [-0.4, -0.2) is 12.4 Å². The summed E-state index contributed by atoms with van der Waals surface area (Å²) >= 11 is 3.66. The van der Waals surface area contributed by atoms with E-state index in [4.69, 9.17) is 4.74 Å². The second-order valence-corrected chi connectivity index (χ2v) is 5.34. The zero-order chi connectivity index (χ0) is 11.4. The SMILES string of the molecule is O=C(COc1ccc(I)cc1)c1cccs1. The molecule has 16 heavy (non-hydrogen) atoms. The van der Waals surface area contributed by atoms with Gasteiger partial charge in [-0.05, 0) is 58.3 Å². The Labute approximate surface area is 111 Å². The maximum absolute atomic E-state index is 11.6. The Kier molecular flexibility index (Phi) is 3.95. The molecule has 0 fully saturated rings. The average molecular weight is 344 g/mol. The van der Waals surface area contributed by atoms with Crippen LogP contribution in [-0.2, 0) is 0 Å². The fourth-order valence-electron chi connectivity index (χ4n) is 1.19. The zero-order valence-corrected chi connectivity index (χ0v) is 11.3. The fourth-order valence-corrected chi connectivity index (χ4v) is 2.20. The highest BCUT2D eigenvalue weighted by Gasteiger charge is 2.07. The van der Waals surface area contributed by atoms with E-state index < -0.39 is 0 Å². The molecule has 1 heterocycles. The Morgan fingerprint density at radius 1 is 1.25 bits per heavy atom. The van der Waals surface area contributed by atoms with Crippen molar-refractivity contribution in [2.45, 2.75) is 0 Å². The second-order valence-electron chi connectivity index (χ2n) is 3.14. The first-order valence-electron chi connectivity index (χ1n) is 4.71. The Morgan fingerprint density at radius 3 is 2.62 bits per heavy atom. The molecule has 0 spiro atoms. The largest absolute Gasteiger partial charge is 0.485 e. The van der Waals surface area contributed by atoms with E-state index in [0.717, 1.165) is 14.2 Å². The first kappa shape index (κ1) is 11.6. The van der Waals surface area contributed by atoms with Crippen molar-refractivity contribution in [2.75, 3.05) is 6.61 Å². The molecule has 2 rings (SSSR count). The van der Waals surface area contributed by atoms with Crippen LogP contribution < -0.4 is 4.74 Å². The third-order valence-electron chi connectivity index (χ3n) is 1.98. The molecule has 2 nitrogen and oxygen atoms in total. The zero-order valence-electron chi connectivity index (χ0n) is 8.35. The van der Waals surface area contributed by atoms with Crippen molar-refractivity contribution >= 4 is 39.7 Å². The standard InChI is InChI=1S/C12H9IO2S/c13-9-3-5-10(6-4-9)15-8-11(14)12-2-1-7-16-12/h1-7H,8H2. The summed E-state index contributed by atoms with van der Waals surface area (Å²) in [6.45, 7) is 0.0983. The summed E-state index contributed by atoms with van der Waals surface area (Å²) in [6, 6.07) is 11.3. The van der Waals surface area contributed by atoms with Crippen molar-refractivity contribution in [3.63, 3.8) is 0 Å². The normalized spacial score (nSPS) is 10.1. The second kappa shape index (κ2) is 5.45. The lowest BCUT2D eigenvalue weighted by atomic mass is 10.3. The van der Waals surface area contributed by atoms with Gasteiger partial charge in [-0.1, -0.05) is 6.07 Å². The van der Waals surface area contributed by atoms with Gasteiger partial charge >= 0.3 is 0 Å². The molecule has 0 aliphatic heterocycles. The molecule has 0 unspecified atom stereocenters. The third kappa shape index (κ3) is 3.05. The van der Waals surface area contributed by atoms with Gasteiger partial charge in [0.05, 0.1) is 4.88 Å². The lowest BCUT2D eigenvalue weighted by molar-refractivity contribution is 0.0925. The highest BCUT2D eigenvalue weighted by molar-refractivity contribution is 14.1. The maximum Gasteiger partial charge on any atom is 0.210 e. The number of Topliss-reactive ketones (excluding diaryl/α,β-unsaturated/α-hetero) is 1. The molecule has 2 aromatic rings. The van der Waals surface area contributed by atoms with Crippen LogP contribution in [0.3, 0.4) is 0 Å². The average Bonchev–Trinajstić information content (AvgIpc) is 2.81. The van der Waals surface area contributed by atoms with E-state index in [1.165, 1.54) is 11.3 Å². The molecule has 1 aromatic carbocycles. The molecule has 1 aromatic heterocycles. The minimum absolute atomic E-state index is 0.0218. The number of carbonyl (C=O) groups excluding carboxylic acids is 1. The first-order chi connectivity index (χ1) is 7.75. The lowest BCUT2D eigenvalue weighted by Gasteiger charge is -2.04. The van der Waals surface area contributed by atoms with E-state index in [2.05, 4.69) is 22.6 Å². The van der Waals surface area contributed by atoms with Gasteiger partial charge in [-0.3, -0.25) is 4.79 Å². The highest BCUT2D eigenvalue weighted by Crippen LogP contribution is 2.15. The third-order valence-corrected chi connectivity index (χ3v) is 3.61. The number of ketones is 1. The summed E-state index contributed by atoms with van der Waals surface area (Å²) in [5, 5.41) is 1.89. The van der Waals surface area contributed by atoms with Crippen molar-refractivity contribution in [2.24, 2.45) is 0 Å². The van der Waals surface area contributed by atoms with Gasteiger partial charge in [0.25, 0.3) is 0 Å². The number of thiophene rings is 1. The quantitative estimate of drug-likeness (QED) is 0.626. The van der Waals surface area contributed by atoms with Crippen molar-refractivity contribution in [1.82, 2.24) is 0 Å². The first-order valence-corrected chi connectivity index (χ1v) is 6.66. The van der Waals surface area contributed by atoms with E-state index >= 15 is 0 Å². The fraction of sp³-hybridized carbons (Fsp3) is 0.0833. The summed E-state index contributed by atoms with van der Waals surface area (Å²) in [5.41, 5.74) is 0. The monoisotopic (exact) mass is 344 g/mol.